The molecule has 0 bridgehead atoms. The standard InChI is InChI=1S/C13H18FNO3/c1-8(2)11(7-16)15-13(17)9-4-5-10(14)12(6-9)18-3/h4-6,8,11,16H,7H2,1-3H3,(H,15,17). The van der Waals surface area contributed by atoms with Crippen molar-refractivity contribution in [1.82, 2.24) is 5.32 Å². The second-order valence-corrected chi connectivity index (χ2v) is 4.36. The van der Waals surface area contributed by atoms with Crippen LogP contribution in [0.5, 0.6) is 5.75 Å². The van der Waals surface area contributed by atoms with Crippen LogP contribution in [0.3, 0.4) is 0 Å². The summed E-state index contributed by atoms with van der Waals surface area (Å²) in [6.07, 6.45) is 0. The molecule has 18 heavy (non-hydrogen) atoms. The van der Waals surface area contributed by atoms with Gasteiger partial charge in [-0.2, -0.15) is 0 Å². The summed E-state index contributed by atoms with van der Waals surface area (Å²) in [5, 5.41) is 11.8. The predicted molar refractivity (Wildman–Crippen MR) is 66.1 cm³/mol. The van der Waals surface area contributed by atoms with E-state index in [9.17, 15) is 9.18 Å². The highest BCUT2D eigenvalue weighted by molar-refractivity contribution is 5.94. The number of hydrogen-bond acceptors (Lipinski definition) is 3. The number of halogens is 1. The van der Waals surface area contributed by atoms with E-state index in [-0.39, 0.29) is 30.2 Å². The molecule has 4 nitrogen and oxygen atoms in total. The summed E-state index contributed by atoms with van der Waals surface area (Å²) in [5.74, 6) is -0.744. The van der Waals surface area contributed by atoms with Gasteiger partial charge in [-0.05, 0) is 24.1 Å². The Balaban J connectivity index is 2.84. The monoisotopic (exact) mass is 255 g/mol. The van der Waals surface area contributed by atoms with Gasteiger partial charge in [-0.3, -0.25) is 4.79 Å². The van der Waals surface area contributed by atoms with Crippen LogP contribution in [0.1, 0.15) is 24.2 Å². The number of methoxy groups -OCH3 is 1. The van der Waals surface area contributed by atoms with E-state index in [2.05, 4.69) is 5.32 Å². The number of hydrogen-bond donors (Lipinski definition) is 2. The molecule has 0 fully saturated rings. The highest BCUT2D eigenvalue weighted by Gasteiger charge is 2.17. The van der Waals surface area contributed by atoms with Gasteiger partial charge in [-0.25, -0.2) is 4.39 Å². The van der Waals surface area contributed by atoms with E-state index in [1.165, 1.54) is 25.3 Å². The molecule has 0 aromatic heterocycles. The number of carbonyl (C=O) groups is 1. The molecule has 0 heterocycles. The SMILES string of the molecule is COc1cc(C(=O)NC(CO)C(C)C)ccc1F. The maximum atomic E-state index is 13.2. The third-order valence-corrected chi connectivity index (χ3v) is 2.73. The van der Waals surface area contributed by atoms with Gasteiger partial charge in [0, 0.05) is 5.56 Å². The van der Waals surface area contributed by atoms with E-state index in [0.29, 0.717) is 5.56 Å². The second-order valence-electron chi connectivity index (χ2n) is 4.36. The minimum absolute atomic E-state index is 0.0211. The maximum absolute atomic E-state index is 13.2. The lowest BCUT2D eigenvalue weighted by Gasteiger charge is -2.20. The maximum Gasteiger partial charge on any atom is 0.251 e. The van der Waals surface area contributed by atoms with E-state index >= 15 is 0 Å². The van der Waals surface area contributed by atoms with Gasteiger partial charge in [-0.15, -0.1) is 0 Å². The Morgan fingerprint density at radius 3 is 2.67 bits per heavy atom. The highest BCUT2D eigenvalue weighted by Crippen LogP contribution is 2.18. The Labute approximate surface area is 106 Å². The van der Waals surface area contributed by atoms with Gasteiger partial charge in [-0.1, -0.05) is 13.8 Å². The van der Waals surface area contributed by atoms with Gasteiger partial charge in [0.1, 0.15) is 0 Å². The van der Waals surface area contributed by atoms with Crippen LogP contribution in [0.15, 0.2) is 18.2 Å². The molecule has 1 unspecified atom stereocenters. The Bertz CT molecular complexity index is 421. The normalized spacial score (nSPS) is 12.3. The molecular weight excluding hydrogens is 237 g/mol. The molecule has 5 heteroatoms. The number of aliphatic hydroxyl groups excluding tert-OH is 1. The van der Waals surface area contributed by atoms with Gasteiger partial charge < -0.3 is 15.2 Å². The number of rotatable bonds is 5. The van der Waals surface area contributed by atoms with E-state index < -0.39 is 5.82 Å². The van der Waals surface area contributed by atoms with Crippen LogP contribution in [0.25, 0.3) is 0 Å². The van der Waals surface area contributed by atoms with Crippen molar-refractivity contribution in [2.24, 2.45) is 5.92 Å². The summed E-state index contributed by atoms with van der Waals surface area (Å²) in [4.78, 5) is 11.9. The highest BCUT2D eigenvalue weighted by atomic mass is 19.1. The Kier molecular flexibility index (Phi) is 5.09. The predicted octanol–water partition coefficient (Wildman–Crippen LogP) is 1.58. The molecule has 1 aromatic rings. The molecule has 0 saturated heterocycles. The minimum Gasteiger partial charge on any atom is -0.494 e. The van der Waals surface area contributed by atoms with E-state index in [0.717, 1.165) is 0 Å². The van der Waals surface area contributed by atoms with Crippen molar-refractivity contribution in [2.75, 3.05) is 13.7 Å². The van der Waals surface area contributed by atoms with Crippen LogP contribution < -0.4 is 10.1 Å². The molecule has 1 amide bonds. The molecule has 1 rings (SSSR count). The van der Waals surface area contributed by atoms with Gasteiger partial charge in [0.15, 0.2) is 11.6 Å². The van der Waals surface area contributed by atoms with Crippen molar-refractivity contribution >= 4 is 5.91 Å². The number of ether oxygens (including phenoxy) is 1. The molecule has 0 radical (unpaired) electrons. The van der Waals surface area contributed by atoms with Crippen LogP contribution in [0, 0.1) is 11.7 Å². The zero-order chi connectivity index (χ0) is 13.7. The lowest BCUT2D eigenvalue weighted by atomic mass is 10.0. The molecule has 100 valence electrons. The first-order valence-electron chi connectivity index (χ1n) is 5.74. The summed E-state index contributed by atoms with van der Waals surface area (Å²) in [7, 11) is 1.34. The summed E-state index contributed by atoms with van der Waals surface area (Å²) < 4.78 is 18.0. The third-order valence-electron chi connectivity index (χ3n) is 2.73. The zero-order valence-electron chi connectivity index (χ0n) is 10.7. The lowest BCUT2D eigenvalue weighted by Crippen LogP contribution is -2.41. The van der Waals surface area contributed by atoms with Crippen LogP contribution in [-0.2, 0) is 0 Å². The fourth-order valence-corrected chi connectivity index (χ4v) is 1.48. The number of amides is 1. The molecule has 0 aliphatic rings. The lowest BCUT2D eigenvalue weighted by molar-refractivity contribution is 0.0896. The summed E-state index contributed by atoms with van der Waals surface area (Å²) in [6.45, 7) is 3.65. The third kappa shape index (κ3) is 3.43. The van der Waals surface area contributed by atoms with E-state index in [1.54, 1.807) is 0 Å². The Morgan fingerprint density at radius 2 is 2.17 bits per heavy atom. The molecular formula is C13H18FNO3. The van der Waals surface area contributed by atoms with Crippen LogP contribution >= 0.6 is 0 Å². The largest absolute Gasteiger partial charge is 0.494 e. The van der Waals surface area contributed by atoms with Gasteiger partial charge in [0.25, 0.3) is 5.91 Å². The first kappa shape index (κ1) is 14.4. The fourth-order valence-electron chi connectivity index (χ4n) is 1.48. The average molecular weight is 255 g/mol. The Hall–Kier alpha value is -1.62. The summed E-state index contributed by atoms with van der Waals surface area (Å²) in [5.41, 5.74) is 0.298. The number of nitrogens with one attached hydrogen (secondary N) is 1. The first-order chi connectivity index (χ1) is 8.49. The van der Waals surface area contributed by atoms with Crippen molar-refractivity contribution in [1.29, 1.82) is 0 Å². The Morgan fingerprint density at radius 1 is 1.50 bits per heavy atom. The summed E-state index contributed by atoms with van der Waals surface area (Å²) >= 11 is 0. The van der Waals surface area contributed by atoms with E-state index in [4.69, 9.17) is 9.84 Å². The van der Waals surface area contributed by atoms with Gasteiger partial charge in [0.05, 0.1) is 19.8 Å². The zero-order valence-corrected chi connectivity index (χ0v) is 10.7. The van der Waals surface area contributed by atoms with Gasteiger partial charge >= 0.3 is 0 Å². The molecule has 1 aromatic carbocycles. The molecule has 1 atom stereocenters. The van der Waals surface area contributed by atoms with Crippen LogP contribution in [-0.4, -0.2) is 30.8 Å². The minimum atomic E-state index is -0.517. The number of carbonyl (C=O) groups excluding carboxylic acids is 1. The number of aliphatic hydroxyl groups is 1. The van der Waals surface area contributed by atoms with Crippen molar-refractivity contribution in [3.63, 3.8) is 0 Å². The topological polar surface area (TPSA) is 58.6 Å². The summed E-state index contributed by atoms with van der Waals surface area (Å²) in [6, 6.07) is 3.56. The van der Waals surface area contributed by atoms with Crippen molar-refractivity contribution in [3.8, 4) is 5.75 Å². The average Bonchev–Trinajstić information content (AvgIpc) is 2.35. The smallest absolute Gasteiger partial charge is 0.251 e. The van der Waals surface area contributed by atoms with Crippen molar-refractivity contribution < 1.29 is 19.0 Å². The quantitative estimate of drug-likeness (QED) is 0.840. The second kappa shape index (κ2) is 6.35. The number of benzene rings is 1. The van der Waals surface area contributed by atoms with Crippen LogP contribution in [0.2, 0.25) is 0 Å². The molecule has 0 saturated carbocycles. The van der Waals surface area contributed by atoms with Gasteiger partial charge in [0.2, 0.25) is 0 Å². The molecule has 0 aliphatic heterocycles. The first-order valence-corrected chi connectivity index (χ1v) is 5.74. The van der Waals surface area contributed by atoms with Crippen molar-refractivity contribution in [2.45, 2.75) is 19.9 Å². The van der Waals surface area contributed by atoms with Crippen LogP contribution in [0.4, 0.5) is 4.39 Å². The molecule has 0 spiro atoms. The molecule has 0 aliphatic carbocycles. The van der Waals surface area contributed by atoms with Crippen molar-refractivity contribution in [3.05, 3.63) is 29.6 Å². The molecule has 2 N–H and O–H groups in total. The fraction of sp³-hybridized carbons (Fsp3) is 0.462. The van der Waals surface area contributed by atoms with E-state index in [1.807, 2.05) is 13.8 Å².